The first-order chi connectivity index (χ1) is 25.6. The summed E-state index contributed by atoms with van der Waals surface area (Å²) in [4.78, 5) is 48.3. The first-order valence-corrected chi connectivity index (χ1v) is 16.1. The van der Waals surface area contributed by atoms with Gasteiger partial charge in [0.05, 0.1) is 16.4 Å². The van der Waals surface area contributed by atoms with E-state index in [4.69, 9.17) is 6.57 Å². The molecule has 4 rings (SSSR count). The van der Waals surface area contributed by atoms with Crippen molar-refractivity contribution < 1.29 is 47.3 Å². The van der Waals surface area contributed by atoms with Gasteiger partial charge >= 0.3 is 0 Å². The zero-order valence-electron chi connectivity index (χ0n) is 29.7. The molecule has 0 atom stereocenters. The molecule has 0 unspecified atom stereocenters. The first-order valence-electron chi connectivity index (χ1n) is 16.1. The summed E-state index contributed by atoms with van der Waals surface area (Å²) < 4.78 is 2.09. The molecule has 21 heteroatoms. The number of nitriles is 1. The van der Waals surface area contributed by atoms with Crippen LogP contribution < -0.4 is 11.1 Å². The molecule has 1 radical (unpaired) electrons. The Morgan fingerprint density at radius 3 is 1.56 bits per heavy atom. The van der Waals surface area contributed by atoms with E-state index in [1.807, 2.05) is 13.8 Å². The molecule has 0 spiro atoms. The van der Waals surface area contributed by atoms with E-state index in [9.17, 15) is 55.5 Å². The van der Waals surface area contributed by atoms with E-state index in [0.29, 0.717) is 12.8 Å². The number of aromatic hydroxyl groups is 4. The molecule has 0 aliphatic carbocycles. The van der Waals surface area contributed by atoms with Gasteiger partial charge in [0.15, 0.2) is 5.69 Å². The summed E-state index contributed by atoms with van der Waals surface area (Å²) in [6, 6.07) is 8.26. The summed E-state index contributed by atoms with van der Waals surface area (Å²) in [7, 11) is 0. The van der Waals surface area contributed by atoms with Gasteiger partial charge in [-0.3, -0.25) is 39.0 Å². The van der Waals surface area contributed by atoms with Gasteiger partial charge in [-0.15, -0.1) is 20.5 Å². The Hall–Kier alpha value is -6.96. The van der Waals surface area contributed by atoms with Crippen molar-refractivity contribution in [1.29, 1.82) is 5.26 Å². The molecule has 0 amide bonds. The third-order valence-electron chi connectivity index (χ3n) is 7.83. The molecule has 0 aliphatic heterocycles. The fraction of sp³-hybridized carbons (Fsp3) is 0.294. The van der Waals surface area contributed by atoms with E-state index in [1.54, 1.807) is 6.07 Å². The summed E-state index contributed by atoms with van der Waals surface area (Å²) >= 11 is 0. The fourth-order valence-corrected chi connectivity index (χ4v) is 4.77. The van der Waals surface area contributed by atoms with Crippen molar-refractivity contribution in [3.8, 4) is 29.3 Å². The molecule has 20 nitrogen and oxygen atoms in total. The van der Waals surface area contributed by atoms with E-state index < -0.39 is 32.7 Å². The van der Waals surface area contributed by atoms with Crippen LogP contribution in [-0.4, -0.2) is 39.4 Å². The second-order valence-electron chi connectivity index (χ2n) is 11.4. The summed E-state index contributed by atoms with van der Waals surface area (Å²) in [6.07, 6.45) is 2.74. The smallest absolute Gasteiger partial charge is 0.271 e. The van der Waals surface area contributed by atoms with Crippen LogP contribution in [0.15, 0.2) is 66.4 Å². The molecule has 55 heavy (non-hydrogen) atoms. The molecule has 291 valence electrons. The number of nitro groups is 2. The van der Waals surface area contributed by atoms with Crippen LogP contribution in [0.3, 0.4) is 0 Å². The zero-order chi connectivity index (χ0) is 40.3. The summed E-state index contributed by atoms with van der Waals surface area (Å²) in [5.41, 5.74) is -2.55. The molecule has 4 N–H and O–H groups in total. The second-order valence-corrected chi connectivity index (χ2v) is 11.4. The van der Waals surface area contributed by atoms with Gasteiger partial charge in [-0.1, -0.05) is 26.7 Å². The normalized spacial score (nSPS) is 10.7. The van der Waals surface area contributed by atoms with Crippen LogP contribution >= 0.6 is 0 Å². The van der Waals surface area contributed by atoms with Gasteiger partial charge < -0.3 is 20.4 Å². The third kappa shape index (κ3) is 10.1. The third-order valence-corrected chi connectivity index (χ3v) is 7.83. The van der Waals surface area contributed by atoms with Gasteiger partial charge in [-0.05, 0) is 44.4 Å². The quantitative estimate of drug-likeness (QED) is 0.0352. The number of pyridine rings is 2. The van der Waals surface area contributed by atoms with Gasteiger partial charge in [0, 0.05) is 60.0 Å². The van der Waals surface area contributed by atoms with Crippen LogP contribution in [0.2, 0.25) is 0 Å². The van der Waals surface area contributed by atoms with Crippen molar-refractivity contribution >= 4 is 39.8 Å². The van der Waals surface area contributed by atoms with Crippen molar-refractivity contribution in [2.45, 2.75) is 66.5 Å². The van der Waals surface area contributed by atoms with Gasteiger partial charge in [-0.2, -0.15) is 5.26 Å². The minimum absolute atomic E-state index is 0. The monoisotopic (exact) mass is 805 g/mol. The van der Waals surface area contributed by atoms with Crippen LogP contribution in [0.4, 0.5) is 39.8 Å². The Morgan fingerprint density at radius 1 is 0.764 bits per heavy atom. The van der Waals surface area contributed by atoms with Crippen LogP contribution in [-0.2, 0) is 30.2 Å². The summed E-state index contributed by atoms with van der Waals surface area (Å²) in [6.45, 7) is 14.3. The van der Waals surface area contributed by atoms with Crippen molar-refractivity contribution in [2.75, 3.05) is 0 Å². The Bertz CT molecular complexity index is 2210. The van der Waals surface area contributed by atoms with Crippen molar-refractivity contribution in [3.05, 3.63) is 105 Å². The Balaban J connectivity index is 0.000000373. The van der Waals surface area contributed by atoms with Crippen molar-refractivity contribution in [2.24, 2.45) is 20.5 Å². The minimum atomic E-state index is -0.653. The fourth-order valence-electron chi connectivity index (χ4n) is 4.77. The molecule has 0 fully saturated rings. The number of unbranched alkanes of at least 4 members (excludes halogenated alkanes) is 2. The number of nitrogens with zero attached hydrogens (tertiary/aromatic N) is 10. The number of nitro benzene ring substituents is 2. The minimum Gasteiger partial charge on any atom is -0.506 e. The second kappa shape index (κ2) is 19.8. The maximum Gasteiger partial charge on any atom is 0.271 e. The molecule has 0 bridgehead atoms. The van der Waals surface area contributed by atoms with Gasteiger partial charge in [-0.25, -0.2) is 4.85 Å². The molecule has 4 aromatic rings. The maximum absolute atomic E-state index is 12.3. The number of phenols is 2. The number of azo groups is 2. The van der Waals surface area contributed by atoms with E-state index in [2.05, 4.69) is 25.3 Å². The molecule has 2 aromatic carbocycles. The van der Waals surface area contributed by atoms with Crippen LogP contribution in [0.1, 0.15) is 56.2 Å². The number of aromatic nitrogens is 2. The average molecular weight is 806 g/mol. The number of phenolic OH excluding ortho intramolecular Hbond substituents is 2. The standard InChI is InChI=1S/2C17H17N5O5.Cu/c1-4-5-8-21-16(24)14(18-3)10(2)15(17(21)25)20-19-12-9-11(22(26)27)6-7-13(12)23;1-3-4-7-21-16(24)12(9-18)10(2)15(17(21)25)20-19-13-8-11(22(26)27)5-6-14(13)23;/h6-7,9,23,25H,4-5,8H2,1-2H3;5-6,8,23,25H,3-4,7H2,1-2H3;. The van der Waals surface area contributed by atoms with Gasteiger partial charge in [0.25, 0.3) is 28.2 Å². The van der Waals surface area contributed by atoms with Crippen LogP contribution in [0, 0.1) is 52.0 Å². The molecule has 2 aromatic heterocycles. The number of hydrogen-bond donors (Lipinski definition) is 4. The zero-order valence-corrected chi connectivity index (χ0v) is 30.7. The van der Waals surface area contributed by atoms with E-state index in [0.717, 1.165) is 58.4 Å². The molecule has 0 saturated carbocycles. The first kappa shape index (κ1) is 44.2. The van der Waals surface area contributed by atoms with Gasteiger partial charge in [0.1, 0.15) is 40.2 Å². The molecule has 0 aliphatic rings. The van der Waals surface area contributed by atoms with Crippen LogP contribution in [0.5, 0.6) is 23.3 Å². The molecular formula is C34H34CuN10O10. The molecule has 0 saturated heterocycles. The molecular weight excluding hydrogens is 772 g/mol. The number of rotatable bonds is 12. The molecule has 2 heterocycles. The van der Waals surface area contributed by atoms with Crippen LogP contribution in [0.25, 0.3) is 4.85 Å². The van der Waals surface area contributed by atoms with Crippen molar-refractivity contribution in [1.82, 2.24) is 9.13 Å². The van der Waals surface area contributed by atoms with E-state index in [-0.39, 0.29) is 98.2 Å². The average Bonchev–Trinajstić information content (AvgIpc) is 3.13. The largest absolute Gasteiger partial charge is 0.506 e. The Kier molecular flexibility index (Phi) is 15.9. The summed E-state index contributed by atoms with van der Waals surface area (Å²) in [5, 5.41) is 86.6. The number of non-ortho nitro benzene ring substituents is 2. The SMILES string of the molecule is CCCCn1c(O)c(N=Nc2cc([N+](=O)[O-])ccc2O)c(C)c(C#N)c1=O.[C-]#[N+]c1c(C)c(N=Nc2cc([N+](=O)[O-])ccc2O)c(O)n(CCCC)c1=O.[Cu]. The summed E-state index contributed by atoms with van der Waals surface area (Å²) in [5.74, 6) is -1.60. The Labute approximate surface area is 322 Å². The predicted molar refractivity (Wildman–Crippen MR) is 193 cm³/mol. The van der Waals surface area contributed by atoms with Gasteiger partial charge in [0.2, 0.25) is 11.8 Å². The topological polar surface area (TPSA) is 289 Å². The number of benzene rings is 2. The van der Waals surface area contributed by atoms with E-state index >= 15 is 0 Å². The Morgan fingerprint density at radius 2 is 1.18 bits per heavy atom. The van der Waals surface area contributed by atoms with E-state index in [1.165, 1.54) is 13.8 Å². The van der Waals surface area contributed by atoms with Crippen molar-refractivity contribution in [3.63, 3.8) is 0 Å². The number of hydrogen-bond acceptors (Lipinski definition) is 15. The maximum atomic E-state index is 12.3. The predicted octanol–water partition coefficient (Wildman–Crippen LogP) is 7.80.